The van der Waals surface area contributed by atoms with Crippen molar-refractivity contribution in [2.24, 2.45) is 0 Å². The number of benzene rings is 7. The first kappa shape index (κ1) is 35.1. The summed E-state index contributed by atoms with van der Waals surface area (Å²) < 4.78 is 4.72. The predicted molar refractivity (Wildman–Crippen MR) is 239 cm³/mol. The van der Waals surface area contributed by atoms with Crippen LogP contribution in [0.15, 0.2) is 133 Å². The molecule has 0 saturated heterocycles. The molecule has 0 aliphatic rings. The SMILES string of the molecule is [C-]#[N+]c1cc(-n2c3ccccc3c3ccc(-c4cc(C)cc(C)c4)cc32)c(-n2c3ccccc3c3ccc(-c4cc(C)cc(C)c4)cc32)cc1-c1nc(C)nc(C)n1. The van der Waals surface area contributed by atoms with E-state index < -0.39 is 0 Å². The maximum absolute atomic E-state index is 8.58. The largest absolute Gasteiger partial charge is 0.308 e. The van der Waals surface area contributed by atoms with Crippen molar-refractivity contribution in [2.45, 2.75) is 41.5 Å². The molecule has 3 heterocycles. The summed E-state index contributed by atoms with van der Waals surface area (Å²) in [5, 5.41) is 4.59. The zero-order chi connectivity index (χ0) is 39.8. The Kier molecular flexibility index (Phi) is 8.10. The summed E-state index contributed by atoms with van der Waals surface area (Å²) in [7, 11) is 0. The summed E-state index contributed by atoms with van der Waals surface area (Å²) in [5.74, 6) is 1.71. The monoisotopic (exact) mass is 748 g/mol. The van der Waals surface area contributed by atoms with Gasteiger partial charge < -0.3 is 9.13 Å². The Balaban J connectivity index is 1.36. The van der Waals surface area contributed by atoms with Crippen LogP contribution < -0.4 is 0 Å². The summed E-state index contributed by atoms with van der Waals surface area (Å²) in [5.41, 5.74) is 16.7. The average Bonchev–Trinajstić information content (AvgIpc) is 3.71. The number of hydrogen-bond acceptors (Lipinski definition) is 3. The molecule has 0 spiro atoms. The first-order valence-corrected chi connectivity index (χ1v) is 19.6. The summed E-state index contributed by atoms with van der Waals surface area (Å²) in [4.78, 5) is 18.2. The third kappa shape index (κ3) is 5.74. The standard InChI is InChI=1S/C52H40N6/c1-30-20-31(2)23-38(22-30)36-16-18-42-40-12-8-10-14-46(40)57(48(42)26-36)50-28-44(52-55-34(5)54-35(6)56-52)45(53-7)29-51(50)58-47-15-11-9-13-41(47)43-19-17-37(27-49(43)58)39-24-32(3)21-33(4)25-39/h8-29H,1-6H3. The van der Waals surface area contributed by atoms with Crippen molar-refractivity contribution in [1.29, 1.82) is 0 Å². The van der Waals surface area contributed by atoms with Crippen molar-refractivity contribution in [3.05, 3.63) is 179 Å². The van der Waals surface area contributed by atoms with Gasteiger partial charge in [0.05, 0.1) is 40.0 Å². The van der Waals surface area contributed by atoms with Crippen molar-refractivity contribution in [2.75, 3.05) is 0 Å². The minimum absolute atomic E-state index is 0.469. The Morgan fingerprint density at radius 2 is 0.845 bits per heavy atom. The van der Waals surface area contributed by atoms with E-state index in [2.05, 4.69) is 174 Å². The van der Waals surface area contributed by atoms with E-state index in [4.69, 9.17) is 16.5 Å². The lowest BCUT2D eigenvalue weighted by molar-refractivity contribution is 0.928. The van der Waals surface area contributed by atoms with Crippen molar-refractivity contribution in [3.63, 3.8) is 0 Å². The van der Waals surface area contributed by atoms with Crippen LogP contribution in [0, 0.1) is 48.1 Å². The van der Waals surface area contributed by atoms with Crippen LogP contribution in [-0.2, 0) is 0 Å². The number of aryl methyl sites for hydroxylation is 6. The molecule has 7 aromatic carbocycles. The molecule has 58 heavy (non-hydrogen) atoms. The van der Waals surface area contributed by atoms with Gasteiger partial charge in [-0.1, -0.05) is 119 Å². The highest BCUT2D eigenvalue weighted by Gasteiger charge is 2.24. The number of para-hydroxylation sites is 2. The maximum Gasteiger partial charge on any atom is 0.200 e. The first-order chi connectivity index (χ1) is 28.1. The van der Waals surface area contributed by atoms with Gasteiger partial charge in [-0.15, -0.1) is 0 Å². The quantitative estimate of drug-likeness (QED) is 0.165. The Hall–Kier alpha value is -7.36. The molecule has 6 nitrogen and oxygen atoms in total. The number of nitrogens with zero attached hydrogens (tertiary/aromatic N) is 6. The lowest BCUT2D eigenvalue weighted by Gasteiger charge is -2.20. The topological polar surface area (TPSA) is 52.9 Å². The second-order valence-electron chi connectivity index (χ2n) is 15.6. The highest BCUT2D eigenvalue weighted by atomic mass is 15.1. The third-order valence-electron chi connectivity index (χ3n) is 11.3. The van der Waals surface area contributed by atoms with E-state index in [0.29, 0.717) is 28.7 Å². The fraction of sp³-hybridized carbons (Fsp3) is 0.115. The van der Waals surface area contributed by atoms with E-state index in [9.17, 15) is 0 Å². The van der Waals surface area contributed by atoms with Gasteiger partial charge in [0.25, 0.3) is 0 Å². The Morgan fingerprint density at radius 1 is 0.414 bits per heavy atom. The summed E-state index contributed by atoms with van der Waals surface area (Å²) in [6.07, 6.45) is 0. The number of aromatic nitrogens is 5. The molecule has 0 radical (unpaired) electrons. The van der Waals surface area contributed by atoms with Gasteiger partial charge in [-0.05, 0) is 100 Å². The van der Waals surface area contributed by atoms with E-state index >= 15 is 0 Å². The van der Waals surface area contributed by atoms with Crippen LogP contribution in [0.3, 0.4) is 0 Å². The number of rotatable bonds is 5. The number of hydrogen-bond donors (Lipinski definition) is 0. The smallest absolute Gasteiger partial charge is 0.200 e. The highest BCUT2D eigenvalue weighted by molar-refractivity contribution is 6.13. The van der Waals surface area contributed by atoms with Gasteiger partial charge in [0.1, 0.15) is 11.6 Å². The molecule has 0 unspecified atom stereocenters. The van der Waals surface area contributed by atoms with Gasteiger partial charge in [-0.25, -0.2) is 19.8 Å². The molecule has 0 aliphatic carbocycles. The van der Waals surface area contributed by atoms with E-state index in [0.717, 1.165) is 66.1 Å². The van der Waals surface area contributed by atoms with Crippen LogP contribution >= 0.6 is 0 Å². The molecule has 10 rings (SSSR count). The molecular weight excluding hydrogens is 709 g/mol. The van der Waals surface area contributed by atoms with Gasteiger partial charge in [0, 0.05) is 27.1 Å². The molecule has 0 fully saturated rings. The Morgan fingerprint density at radius 3 is 1.31 bits per heavy atom. The lowest BCUT2D eigenvalue weighted by Crippen LogP contribution is -2.06. The molecule has 0 saturated carbocycles. The molecule has 6 heteroatoms. The molecule has 3 aromatic heterocycles. The molecule has 0 amide bonds. The van der Waals surface area contributed by atoms with Gasteiger partial charge in [-0.2, -0.15) is 0 Å². The van der Waals surface area contributed by atoms with E-state index in [-0.39, 0.29) is 0 Å². The Labute approximate surface area is 337 Å². The zero-order valence-corrected chi connectivity index (χ0v) is 33.4. The number of fused-ring (bicyclic) bond motifs is 6. The second-order valence-corrected chi connectivity index (χ2v) is 15.6. The zero-order valence-electron chi connectivity index (χ0n) is 33.4. The lowest BCUT2D eigenvalue weighted by atomic mass is 9.99. The van der Waals surface area contributed by atoms with Crippen LogP contribution in [-0.4, -0.2) is 24.1 Å². The summed E-state index contributed by atoms with van der Waals surface area (Å²) in [6, 6.07) is 48.4. The molecule has 0 N–H and O–H groups in total. The fourth-order valence-electron chi connectivity index (χ4n) is 9.03. The van der Waals surface area contributed by atoms with Gasteiger partial charge >= 0.3 is 0 Å². The minimum atomic E-state index is 0.469. The second kappa shape index (κ2) is 13.4. The van der Waals surface area contributed by atoms with Crippen molar-refractivity contribution in [1.82, 2.24) is 24.1 Å². The first-order valence-electron chi connectivity index (χ1n) is 19.6. The molecular formula is C52H40N6. The average molecular weight is 749 g/mol. The maximum atomic E-state index is 8.58. The molecule has 0 aliphatic heterocycles. The predicted octanol–water partition coefficient (Wildman–Crippen LogP) is 13.5. The minimum Gasteiger partial charge on any atom is -0.308 e. The van der Waals surface area contributed by atoms with Gasteiger partial charge in [0.15, 0.2) is 11.5 Å². The third-order valence-corrected chi connectivity index (χ3v) is 11.3. The summed E-state index contributed by atoms with van der Waals surface area (Å²) >= 11 is 0. The fourth-order valence-corrected chi connectivity index (χ4v) is 9.03. The van der Waals surface area contributed by atoms with Crippen LogP contribution in [0.1, 0.15) is 33.9 Å². The highest BCUT2D eigenvalue weighted by Crippen LogP contribution is 2.44. The van der Waals surface area contributed by atoms with Crippen LogP contribution in [0.5, 0.6) is 0 Å². The molecule has 10 aromatic rings. The van der Waals surface area contributed by atoms with E-state index in [1.807, 2.05) is 19.9 Å². The van der Waals surface area contributed by atoms with E-state index in [1.165, 1.54) is 33.4 Å². The molecule has 278 valence electrons. The molecule has 0 bridgehead atoms. The van der Waals surface area contributed by atoms with E-state index in [1.54, 1.807) is 0 Å². The molecule has 0 atom stereocenters. The van der Waals surface area contributed by atoms with Crippen LogP contribution in [0.2, 0.25) is 0 Å². The van der Waals surface area contributed by atoms with Crippen molar-refractivity contribution < 1.29 is 0 Å². The Bertz CT molecular complexity index is 3310. The summed E-state index contributed by atoms with van der Waals surface area (Å²) in [6.45, 7) is 20.9. The van der Waals surface area contributed by atoms with Crippen molar-refractivity contribution >= 4 is 49.3 Å². The van der Waals surface area contributed by atoms with Crippen LogP contribution in [0.25, 0.3) is 93.5 Å². The van der Waals surface area contributed by atoms with Gasteiger partial charge in [0.2, 0.25) is 0 Å². The van der Waals surface area contributed by atoms with Crippen LogP contribution in [0.4, 0.5) is 5.69 Å². The van der Waals surface area contributed by atoms with Gasteiger partial charge in [-0.3, -0.25) is 0 Å². The van der Waals surface area contributed by atoms with Crippen molar-refractivity contribution in [3.8, 4) is 45.0 Å². The normalized spacial score (nSPS) is 11.6.